The zero-order valence-corrected chi connectivity index (χ0v) is 16.6. The maximum absolute atomic E-state index is 10.5. The topological polar surface area (TPSA) is 84.6 Å². The predicted octanol–water partition coefficient (Wildman–Crippen LogP) is 3.80. The van der Waals surface area contributed by atoms with Gasteiger partial charge in [-0.3, -0.25) is 0 Å². The van der Waals surface area contributed by atoms with Crippen molar-refractivity contribution in [2.75, 3.05) is 6.54 Å². The van der Waals surface area contributed by atoms with Crippen LogP contribution in [0.5, 0.6) is 0 Å². The van der Waals surface area contributed by atoms with Gasteiger partial charge in [0.25, 0.3) is 0 Å². The highest BCUT2D eigenvalue weighted by molar-refractivity contribution is 6.74. The fourth-order valence-electron chi connectivity index (χ4n) is 2.09. The first kappa shape index (κ1) is 21.4. The van der Waals surface area contributed by atoms with Crippen molar-refractivity contribution < 1.29 is 14.3 Å². The molecule has 0 aliphatic heterocycles. The van der Waals surface area contributed by atoms with E-state index in [1.165, 1.54) is 0 Å². The molecule has 5 nitrogen and oxygen atoms in total. The van der Waals surface area contributed by atoms with E-state index in [1.807, 2.05) is 0 Å². The van der Waals surface area contributed by atoms with Gasteiger partial charge < -0.3 is 20.6 Å². The number of carbonyl (C=O) groups is 1. The van der Waals surface area contributed by atoms with Crippen LogP contribution in [0.25, 0.3) is 0 Å². The first-order chi connectivity index (χ1) is 9.68. The molecule has 0 heterocycles. The van der Waals surface area contributed by atoms with Crippen molar-refractivity contribution >= 4 is 14.4 Å². The smallest absolute Gasteiger partial charge is 0.404 e. The van der Waals surface area contributed by atoms with Crippen LogP contribution in [0.15, 0.2) is 0 Å². The van der Waals surface area contributed by atoms with E-state index >= 15 is 0 Å². The molecule has 0 aromatic heterocycles. The SMILES string of the molecule is CC(C)(C)C(O[Si](C)(C)C(C)(C)C)[C@@H](N)CCCNC(=O)O. The van der Waals surface area contributed by atoms with E-state index in [4.69, 9.17) is 15.3 Å². The molecule has 132 valence electrons. The molecule has 0 aromatic rings. The summed E-state index contributed by atoms with van der Waals surface area (Å²) in [5, 5.41) is 11.1. The predicted molar refractivity (Wildman–Crippen MR) is 94.8 cm³/mol. The van der Waals surface area contributed by atoms with Gasteiger partial charge in [0.05, 0.1) is 6.10 Å². The summed E-state index contributed by atoms with van der Waals surface area (Å²) in [4.78, 5) is 10.5. The Bertz CT molecular complexity index is 359. The first-order valence-corrected chi connectivity index (χ1v) is 11.0. The molecule has 0 fully saturated rings. The van der Waals surface area contributed by atoms with Crippen molar-refractivity contribution in [1.82, 2.24) is 5.32 Å². The summed E-state index contributed by atoms with van der Waals surface area (Å²) >= 11 is 0. The molecular weight excluding hydrogens is 296 g/mol. The van der Waals surface area contributed by atoms with Crippen LogP contribution in [0.2, 0.25) is 18.1 Å². The quantitative estimate of drug-likeness (QED) is 0.489. The van der Waals surface area contributed by atoms with E-state index in [1.54, 1.807) is 0 Å². The highest BCUT2D eigenvalue weighted by Gasteiger charge is 2.43. The Morgan fingerprint density at radius 3 is 2.09 bits per heavy atom. The van der Waals surface area contributed by atoms with E-state index < -0.39 is 14.4 Å². The van der Waals surface area contributed by atoms with Crippen molar-refractivity contribution in [2.45, 2.75) is 84.7 Å². The van der Waals surface area contributed by atoms with Gasteiger partial charge in [-0.25, -0.2) is 4.79 Å². The van der Waals surface area contributed by atoms with Crippen LogP contribution < -0.4 is 11.1 Å². The fraction of sp³-hybridized carbons (Fsp3) is 0.938. The lowest BCUT2D eigenvalue weighted by molar-refractivity contribution is 0.0476. The van der Waals surface area contributed by atoms with Gasteiger partial charge in [0.15, 0.2) is 8.32 Å². The van der Waals surface area contributed by atoms with E-state index in [-0.39, 0.29) is 22.6 Å². The molecule has 0 aromatic carbocycles. The summed E-state index contributed by atoms with van der Waals surface area (Å²) in [6.45, 7) is 18.0. The Morgan fingerprint density at radius 1 is 1.23 bits per heavy atom. The first-order valence-electron chi connectivity index (χ1n) is 8.08. The molecule has 0 saturated carbocycles. The summed E-state index contributed by atoms with van der Waals surface area (Å²) in [5.74, 6) is 0. The highest BCUT2D eigenvalue weighted by Crippen LogP contribution is 2.40. The molecule has 0 rings (SSSR count). The zero-order chi connectivity index (χ0) is 17.8. The third-order valence-electron chi connectivity index (χ3n) is 4.46. The summed E-state index contributed by atoms with van der Waals surface area (Å²) in [5.41, 5.74) is 6.35. The lowest BCUT2D eigenvalue weighted by atomic mass is 9.83. The van der Waals surface area contributed by atoms with E-state index in [0.717, 1.165) is 12.8 Å². The maximum atomic E-state index is 10.5. The molecule has 0 aliphatic rings. The molecule has 1 amide bonds. The maximum Gasteiger partial charge on any atom is 0.404 e. The van der Waals surface area contributed by atoms with Crippen molar-refractivity contribution in [2.24, 2.45) is 11.1 Å². The molecule has 4 N–H and O–H groups in total. The van der Waals surface area contributed by atoms with E-state index in [0.29, 0.717) is 6.54 Å². The van der Waals surface area contributed by atoms with E-state index in [2.05, 4.69) is 60.0 Å². The molecule has 0 bridgehead atoms. The minimum atomic E-state index is -1.90. The molecule has 0 saturated heterocycles. The number of nitrogens with one attached hydrogen (secondary N) is 1. The minimum absolute atomic E-state index is 0.0294. The average molecular weight is 333 g/mol. The lowest BCUT2D eigenvalue weighted by Gasteiger charge is -2.45. The Labute approximate surface area is 137 Å². The lowest BCUT2D eigenvalue weighted by Crippen LogP contribution is -2.54. The number of hydrogen-bond acceptors (Lipinski definition) is 3. The van der Waals surface area contributed by atoms with Crippen LogP contribution in [0, 0.1) is 5.41 Å². The Morgan fingerprint density at radius 2 is 1.73 bits per heavy atom. The fourth-order valence-corrected chi connectivity index (χ4v) is 3.60. The van der Waals surface area contributed by atoms with Crippen molar-refractivity contribution in [1.29, 1.82) is 0 Å². The normalized spacial score (nSPS) is 16.2. The number of nitrogens with two attached hydrogens (primary N) is 1. The van der Waals surface area contributed by atoms with Gasteiger partial charge in [-0.15, -0.1) is 0 Å². The second-order valence-corrected chi connectivity index (χ2v) is 13.5. The second-order valence-electron chi connectivity index (χ2n) is 8.70. The van der Waals surface area contributed by atoms with Gasteiger partial charge in [-0.2, -0.15) is 0 Å². The molecule has 1 unspecified atom stereocenters. The molecule has 0 aliphatic carbocycles. The Kier molecular flexibility index (Phi) is 7.58. The number of carboxylic acid groups (broad SMARTS) is 1. The summed E-state index contributed by atoms with van der Waals surface area (Å²) in [6.07, 6.45) is 0.453. The van der Waals surface area contributed by atoms with Crippen LogP contribution in [0.3, 0.4) is 0 Å². The summed E-state index contributed by atoms with van der Waals surface area (Å²) in [6, 6.07) is -0.0929. The van der Waals surface area contributed by atoms with Gasteiger partial charge in [0.1, 0.15) is 0 Å². The van der Waals surface area contributed by atoms with Gasteiger partial charge in [0, 0.05) is 12.6 Å². The van der Waals surface area contributed by atoms with Gasteiger partial charge in [-0.05, 0) is 36.4 Å². The van der Waals surface area contributed by atoms with Crippen LogP contribution in [0.4, 0.5) is 4.79 Å². The third kappa shape index (κ3) is 7.11. The van der Waals surface area contributed by atoms with E-state index in [9.17, 15) is 4.79 Å². The third-order valence-corrected chi connectivity index (χ3v) is 8.92. The highest BCUT2D eigenvalue weighted by atomic mass is 28.4. The molecule has 6 heteroatoms. The van der Waals surface area contributed by atoms with Crippen LogP contribution in [-0.4, -0.2) is 38.2 Å². The molecule has 2 atom stereocenters. The standard InChI is InChI=1S/C16H36N2O3Si/c1-15(2,3)13(21-22(7,8)16(4,5)6)12(17)10-9-11-18-14(19)20/h12-13,18H,9-11,17H2,1-8H3,(H,19,20)/t12-,13?/m0/s1. The van der Waals surface area contributed by atoms with Crippen molar-refractivity contribution in [3.63, 3.8) is 0 Å². The van der Waals surface area contributed by atoms with Gasteiger partial charge in [0.2, 0.25) is 0 Å². The summed E-state index contributed by atoms with van der Waals surface area (Å²) < 4.78 is 6.58. The van der Waals surface area contributed by atoms with Gasteiger partial charge >= 0.3 is 6.09 Å². The Balaban J connectivity index is 4.82. The van der Waals surface area contributed by atoms with Crippen LogP contribution >= 0.6 is 0 Å². The number of rotatable bonds is 7. The second kappa shape index (κ2) is 7.79. The number of hydrogen-bond donors (Lipinski definition) is 3. The number of amides is 1. The molecule has 22 heavy (non-hydrogen) atoms. The molecule has 0 radical (unpaired) electrons. The van der Waals surface area contributed by atoms with Crippen LogP contribution in [-0.2, 0) is 4.43 Å². The minimum Gasteiger partial charge on any atom is -0.465 e. The average Bonchev–Trinajstić information content (AvgIpc) is 2.28. The van der Waals surface area contributed by atoms with Gasteiger partial charge in [-0.1, -0.05) is 41.5 Å². The Hall–Kier alpha value is -0.593. The summed E-state index contributed by atoms with van der Waals surface area (Å²) in [7, 11) is -1.90. The van der Waals surface area contributed by atoms with Crippen molar-refractivity contribution in [3.8, 4) is 0 Å². The zero-order valence-electron chi connectivity index (χ0n) is 15.6. The molecular formula is C16H36N2O3Si. The monoisotopic (exact) mass is 332 g/mol. The largest absolute Gasteiger partial charge is 0.465 e. The van der Waals surface area contributed by atoms with Crippen molar-refractivity contribution in [3.05, 3.63) is 0 Å². The van der Waals surface area contributed by atoms with Crippen LogP contribution in [0.1, 0.15) is 54.4 Å². The molecule has 0 spiro atoms.